The molecular formula is C14H21NO. The molecule has 1 fully saturated rings. The second-order valence-corrected chi connectivity index (χ2v) is 4.66. The molecule has 0 saturated heterocycles. The van der Waals surface area contributed by atoms with Gasteiger partial charge in [-0.2, -0.15) is 0 Å². The average molecular weight is 219 g/mol. The van der Waals surface area contributed by atoms with Gasteiger partial charge >= 0.3 is 0 Å². The van der Waals surface area contributed by atoms with Gasteiger partial charge in [0.15, 0.2) is 0 Å². The average Bonchev–Trinajstić information content (AvgIpc) is 3.15. The van der Waals surface area contributed by atoms with E-state index in [4.69, 9.17) is 0 Å². The zero-order chi connectivity index (χ0) is 11.4. The van der Waals surface area contributed by atoms with Crippen LogP contribution in [-0.2, 0) is 13.2 Å². The quantitative estimate of drug-likeness (QED) is 0.770. The maximum atomic E-state index is 9.23. The standard InChI is InChI=1S/C14H21NO/c1-2-14(11-7-8-11)15-9-12-5-3-4-6-13(12)10-16/h3-6,11,14-16H,2,7-10H2,1H3. The molecule has 0 spiro atoms. The van der Waals surface area contributed by atoms with E-state index in [0.717, 1.165) is 18.0 Å². The number of aliphatic hydroxyl groups is 1. The Morgan fingerprint density at radius 2 is 2.00 bits per heavy atom. The Morgan fingerprint density at radius 1 is 1.31 bits per heavy atom. The van der Waals surface area contributed by atoms with Gasteiger partial charge in [0.25, 0.3) is 0 Å². The van der Waals surface area contributed by atoms with Crippen LogP contribution in [-0.4, -0.2) is 11.1 Å². The van der Waals surface area contributed by atoms with E-state index in [-0.39, 0.29) is 6.61 Å². The highest BCUT2D eigenvalue weighted by Crippen LogP contribution is 2.34. The second kappa shape index (κ2) is 5.46. The van der Waals surface area contributed by atoms with Crippen LogP contribution in [0.25, 0.3) is 0 Å². The maximum Gasteiger partial charge on any atom is 0.0685 e. The fraction of sp³-hybridized carbons (Fsp3) is 0.571. The highest BCUT2D eigenvalue weighted by Gasteiger charge is 2.29. The van der Waals surface area contributed by atoms with E-state index in [1.54, 1.807) is 0 Å². The third-order valence-electron chi connectivity index (χ3n) is 3.47. The zero-order valence-corrected chi connectivity index (χ0v) is 9.95. The maximum absolute atomic E-state index is 9.23. The molecule has 2 heteroatoms. The highest BCUT2D eigenvalue weighted by molar-refractivity contribution is 5.26. The Bertz CT molecular complexity index is 333. The monoisotopic (exact) mass is 219 g/mol. The lowest BCUT2D eigenvalue weighted by atomic mass is 10.1. The van der Waals surface area contributed by atoms with E-state index < -0.39 is 0 Å². The van der Waals surface area contributed by atoms with Crippen LogP contribution < -0.4 is 5.32 Å². The molecule has 2 rings (SSSR count). The van der Waals surface area contributed by atoms with Gasteiger partial charge in [0.1, 0.15) is 0 Å². The molecule has 0 bridgehead atoms. The Labute approximate surface area is 97.7 Å². The summed E-state index contributed by atoms with van der Waals surface area (Å²) in [5, 5.41) is 12.8. The summed E-state index contributed by atoms with van der Waals surface area (Å²) >= 11 is 0. The largest absolute Gasteiger partial charge is 0.392 e. The van der Waals surface area contributed by atoms with Crippen LogP contribution in [0.15, 0.2) is 24.3 Å². The predicted octanol–water partition coefficient (Wildman–Crippen LogP) is 2.46. The van der Waals surface area contributed by atoms with Gasteiger partial charge < -0.3 is 10.4 Å². The number of benzene rings is 1. The molecule has 0 aliphatic heterocycles. The van der Waals surface area contributed by atoms with Gasteiger partial charge in [0.2, 0.25) is 0 Å². The number of aliphatic hydroxyl groups excluding tert-OH is 1. The molecule has 1 aliphatic carbocycles. The van der Waals surface area contributed by atoms with Crippen LogP contribution in [0.3, 0.4) is 0 Å². The Morgan fingerprint density at radius 3 is 2.56 bits per heavy atom. The Hall–Kier alpha value is -0.860. The third-order valence-corrected chi connectivity index (χ3v) is 3.47. The topological polar surface area (TPSA) is 32.3 Å². The summed E-state index contributed by atoms with van der Waals surface area (Å²) in [6.45, 7) is 3.26. The lowest BCUT2D eigenvalue weighted by Gasteiger charge is -2.17. The molecule has 1 unspecified atom stereocenters. The molecule has 2 N–H and O–H groups in total. The Balaban J connectivity index is 1.92. The van der Waals surface area contributed by atoms with E-state index in [0.29, 0.717) is 6.04 Å². The minimum absolute atomic E-state index is 0.137. The van der Waals surface area contributed by atoms with Crippen LogP contribution in [0.2, 0.25) is 0 Å². The lowest BCUT2D eigenvalue weighted by molar-refractivity contribution is 0.280. The van der Waals surface area contributed by atoms with Crippen molar-refractivity contribution >= 4 is 0 Å². The summed E-state index contributed by atoms with van der Waals surface area (Å²) in [4.78, 5) is 0. The number of rotatable bonds is 6. The first-order valence-electron chi connectivity index (χ1n) is 6.26. The van der Waals surface area contributed by atoms with Crippen molar-refractivity contribution in [1.29, 1.82) is 0 Å². The summed E-state index contributed by atoms with van der Waals surface area (Å²) in [5.41, 5.74) is 2.27. The molecule has 0 aromatic heterocycles. The number of hydrogen-bond donors (Lipinski definition) is 2. The molecule has 88 valence electrons. The van der Waals surface area contributed by atoms with Gasteiger partial charge in [-0.25, -0.2) is 0 Å². The van der Waals surface area contributed by atoms with E-state index >= 15 is 0 Å². The minimum Gasteiger partial charge on any atom is -0.392 e. The van der Waals surface area contributed by atoms with Crippen molar-refractivity contribution in [3.8, 4) is 0 Å². The van der Waals surface area contributed by atoms with Crippen LogP contribution in [0.4, 0.5) is 0 Å². The van der Waals surface area contributed by atoms with Crippen molar-refractivity contribution in [3.63, 3.8) is 0 Å². The first kappa shape index (κ1) is 11.6. The smallest absolute Gasteiger partial charge is 0.0685 e. The van der Waals surface area contributed by atoms with E-state index in [1.165, 1.54) is 24.8 Å². The van der Waals surface area contributed by atoms with Gasteiger partial charge in [0.05, 0.1) is 6.61 Å². The van der Waals surface area contributed by atoms with Gasteiger partial charge in [-0.15, -0.1) is 0 Å². The Kier molecular flexibility index (Phi) is 3.97. The molecule has 1 atom stereocenters. The summed E-state index contributed by atoms with van der Waals surface area (Å²) in [6, 6.07) is 8.76. The van der Waals surface area contributed by atoms with Crippen LogP contribution in [0.5, 0.6) is 0 Å². The van der Waals surface area contributed by atoms with Crippen molar-refractivity contribution in [2.45, 2.75) is 45.4 Å². The molecule has 1 aromatic carbocycles. The van der Waals surface area contributed by atoms with E-state index in [9.17, 15) is 5.11 Å². The SMILES string of the molecule is CCC(NCc1ccccc1CO)C1CC1. The van der Waals surface area contributed by atoms with Gasteiger partial charge in [-0.1, -0.05) is 31.2 Å². The number of nitrogens with one attached hydrogen (secondary N) is 1. The van der Waals surface area contributed by atoms with E-state index in [2.05, 4.69) is 18.3 Å². The summed E-state index contributed by atoms with van der Waals surface area (Å²) in [7, 11) is 0. The van der Waals surface area contributed by atoms with E-state index in [1.807, 2.05) is 18.2 Å². The van der Waals surface area contributed by atoms with Crippen LogP contribution in [0.1, 0.15) is 37.3 Å². The fourth-order valence-electron chi connectivity index (χ4n) is 2.27. The normalized spacial score (nSPS) is 17.4. The molecule has 16 heavy (non-hydrogen) atoms. The van der Waals surface area contributed by atoms with Crippen molar-refractivity contribution in [1.82, 2.24) is 5.32 Å². The van der Waals surface area contributed by atoms with Gasteiger partial charge in [-0.3, -0.25) is 0 Å². The van der Waals surface area contributed by atoms with Crippen molar-refractivity contribution < 1.29 is 5.11 Å². The van der Waals surface area contributed by atoms with Crippen molar-refractivity contribution in [3.05, 3.63) is 35.4 Å². The molecular weight excluding hydrogens is 198 g/mol. The molecule has 0 amide bonds. The third kappa shape index (κ3) is 2.83. The molecule has 2 nitrogen and oxygen atoms in total. The molecule has 1 saturated carbocycles. The summed E-state index contributed by atoms with van der Waals surface area (Å²) in [5.74, 6) is 0.895. The summed E-state index contributed by atoms with van der Waals surface area (Å²) < 4.78 is 0. The van der Waals surface area contributed by atoms with Gasteiger partial charge in [-0.05, 0) is 36.3 Å². The predicted molar refractivity (Wildman–Crippen MR) is 66.0 cm³/mol. The number of hydrogen-bond acceptors (Lipinski definition) is 2. The van der Waals surface area contributed by atoms with Gasteiger partial charge in [0, 0.05) is 12.6 Å². The van der Waals surface area contributed by atoms with Crippen molar-refractivity contribution in [2.75, 3.05) is 0 Å². The zero-order valence-electron chi connectivity index (χ0n) is 9.95. The summed E-state index contributed by atoms with van der Waals surface area (Å²) in [6.07, 6.45) is 3.96. The second-order valence-electron chi connectivity index (χ2n) is 4.66. The molecule has 0 radical (unpaired) electrons. The first-order valence-corrected chi connectivity index (χ1v) is 6.26. The van der Waals surface area contributed by atoms with Crippen molar-refractivity contribution in [2.24, 2.45) is 5.92 Å². The minimum atomic E-state index is 0.137. The molecule has 1 aliphatic rings. The molecule has 1 aromatic rings. The first-order chi connectivity index (χ1) is 7.85. The highest BCUT2D eigenvalue weighted by atomic mass is 16.3. The molecule has 0 heterocycles. The fourth-order valence-corrected chi connectivity index (χ4v) is 2.27. The van der Waals surface area contributed by atoms with Crippen LogP contribution >= 0.6 is 0 Å². The lowest BCUT2D eigenvalue weighted by Crippen LogP contribution is -2.30. The van der Waals surface area contributed by atoms with Crippen LogP contribution in [0, 0.1) is 5.92 Å².